The lowest BCUT2D eigenvalue weighted by Crippen LogP contribution is -2.17. The van der Waals surface area contributed by atoms with E-state index >= 15 is 0 Å². The second-order valence-corrected chi connectivity index (χ2v) is 3.44. The molecule has 0 aliphatic carbocycles. The van der Waals surface area contributed by atoms with Crippen LogP contribution in [0.1, 0.15) is 20.8 Å². The molecule has 0 saturated carbocycles. The van der Waals surface area contributed by atoms with E-state index in [4.69, 9.17) is 0 Å². The van der Waals surface area contributed by atoms with Gasteiger partial charge in [0.15, 0.2) is 0 Å². The molecule has 2 atom stereocenters. The van der Waals surface area contributed by atoms with Crippen molar-refractivity contribution < 1.29 is 4.79 Å². The van der Waals surface area contributed by atoms with Crippen LogP contribution in [0.15, 0.2) is 0 Å². The quantitative estimate of drug-likeness (QED) is 0.580. The van der Waals surface area contributed by atoms with Crippen molar-refractivity contribution in [3.05, 3.63) is 0 Å². The highest BCUT2D eigenvalue weighted by molar-refractivity contribution is 5.80. The number of carbonyl (C=O) groups excluding carboxylic acids is 1. The lowest BCUT2D eigenvalue weighted by molar-refractivity contribution is -0.122. The number of nitrogens with one attached hydrogen (secondary N) is 1. The van der Waals surface area contributed by atoms with Gasteiger partial charge in [0, 0.05) is 12.5 Å². The van der Waals surface area contributed by atoms with Crippen molar-refractivity contribution in [2.75, 3.05) is 6.54 Å². The van der Waals surface area contributed by atoms with Crippen molar-refractivity contribution in [3.63, 3.8) is 0 Å². The van der Waals surface area contributed by atoms with Crippen LogP contribution in [0.4, 0.5) is 0 Å². The Labute approximate surface area is 62.0 Å². The van der Waals surface area contributed by atoms with Gasteiger partial charge >= 0.3 is 0 Å². The van der Waals surface area contributed by atoms with E-state index in [1.165, 1.54) is 0 Å². The topological polar surface area (TPSA) is 29.1 Å². The van der Waals surface area contributed by atoms with Crippen LogP contribution >= 0.6 is 0 Å². The van der Waals surface area contributed by atoms with Gasteiger partial charge < -0.3 is 5.32 Å². The molecule has 1 amide bonds. The molecule has 0 bridgehead atoms. The van der Waals surface area contributed by atoms with E-state index in [1.54, 1.807) is 0 Å². The summed E-state index contributed by atoms with van der Waals surface area (Å²) in [5, 5.41) is 2.86. The van der Waals surface area contributed by atoms with Crippen LogP contribution in [0.3, 0.4) is 0 Å². The van der Waals surface area contributed by atoms with Crippen LogP contribution in [0.25, 0.3) is 0 Å². The molecule has 10 heavy (non-hydrogen) atoms. The highest BCUT2D eigenvalue weighted by Crippen LogP contribution is 2.24. The molecule has 0 aromatic heterocycles. The van der Waals surface area contributed by atoms with Crippen molar-refractivity contribution in [2.45, 2.75) is 20.8 Å². The fraction of sp³-hybridized carbons (Fsp3) is 0.875. The Bertz CT molecular complexity index is 142. The van der Waals surface area contributed by atoms with Gasteiger partial charge in [0.25, 0.3) is 0 Å². The summed E-state index contributed by atoms with van der Waals surface area (Å²) < 4.78 is 0. The van der Waals surface area contributed by atoms with Gasteiger partial charge in [0.05, 0.1) is 0 Å². The molecule has 2 heteroatoms. The summed E-state index contributed by atoms with van der Waals surface area (Å²) in [6, 6.07) is 0. The standard InChI is InChI=1S/C8H15NO/c1-5(2)7-4-9-8(10)6(7)3/h5-7H,4H2,1-3H3,(H,9,10)/t6-,7+/m1/s1. The van der Waals surface area contributed by atoms with Crippen LogP contribution in [0.5, 0.6) is 0 Å². The largest absolute Gasteiger partial charge is 0.356 e. The van der Waals surface area contributed by atoms with Gasteiger partial charge in [-0.05, 0) is 11.8 Å². The number of hydrogen-bond acceptors (Lipinski definition) is 1. The second-order valence-electron chi connectivity index (χ2n) is 3.44. The van der Waals surface area contributed by atoms with E-state index in [-0.39, 0.29) is 11.8 Å². The highest BCUT2D eigenvalue weighted by atomic mass is 16.2. The Morgan fingerprint density at radius 2 is 2.20 bits per heavy atom. The molecule has 1 saturated heterocycles. The maximum atomic E-state index is 11.0. The van der Waals surface area contributed by atoms with Gasteiger partial charge in [-0.1, -0.05) is 20.8 Å². The Hall–Kier alpha value is -0.530. The van der Waals surface area contributed by atoms with Crippen LogP contribution in [-0.2, 0) is 4.79 Å². The molecule has 0 aromatic carbocycles. The first-order valence-electron chi connectivity index (χ1n) is 3.90. The lowest BCUT2D eigenvalue weighted by atomic mass is 9.87. The van der Waals surface area contributed by atoms with Crippen LogP contribution < -0.4 is 5.32 Å². The molecule has 1 N–H and O–H groups in total. The van der Waals surface area contributed by atoms with E-state index in [0.717, 1.165) is 6.54 Å². The summed E-state index contributed by atoms with van der Waals surface area (Å²) in [5.41, 5.74) is 0. The fourth-order valence-electron chi connectivity index (χ4n) is 1.56. The first kappa shape index (κ1) is 7.58. The van der Waals surface area contributed by atoms with E-state index in [9.17, 15) is 4.79 Å². The third-order valence-electron chi connectivity index (χ3n) is 2.42. The lowest BCUT2D eigenvalue weighted by Gasteiger charge is -2.15. The van der Waals surface area contributed by atoms with Gasteiger partial charge in [-0.25, -0.2) is 0 Å². The smallest absolute Gasteiger partial charge is 0.223 e. The molecule has 1 heterocycles. The van der Waals surface area contributed by atoms with E-state index < -0.39 is 0 Å². The predicted molar refractivity (Wildman–Crippen MR) is 40.5 cm³/mol. The fourth-order valence-corrected chi connectivity index (χ4v) is 1.56. The monoisotopic (exact) mass is 141 g/mol. The average Bonchev–Trinajstić information content (AvgIpc) is 2.14. The van der Waals surface area contributed by atoms with Crippen molar-refractivity contribution in [1.29, 1.82) is 0 Å². The van der Waals surface area contributed by atoms with Gasteiger partial charge in [-0.2, -0.15) is 0 Å². The second kappa shape index (κ2) is 2.60. The molecule has 0 aromatic rings. The summed E-state index contributed by atoms with van der Waals surface area (Å²) in [4.78, 5) is 11.0. The van der Waals surface area contributed by atoms with Crippen molar-refractivity contribution in [2.24, 2.45) is 17.8 Å². The molecule has 1 rings (SSSR count). The zero-order valence-corrected chi connectivity index (χ0v) is 6.85. The normalized spacial score (nSPS) is 33.0. The zero-order valence-electron chi connectivity index (χ0n) is 6.85. The summed E-state index contributed by atoms with van der Waals surface area (Å²) in [5.74, 6) is 1.61. The van der Waals surface area contributed by atoms with E-state index in [1.807, 2.05) is 6.92 Å². The maximum Gasteiger partial charge on any atom is 0.223 e. The van der Waals surface area contributed by atoms with Crippen molar-refractivity contribution in [1.82, 2.24) is 5.32 Å². The molecule has 0 radical (unpaired) electrons. The molecular formula is C8H15NO. The maximum absolute atomic E-state index is 11.0. The molecule has 1 aliphatic rings. The summed E-state index contributed by atoms with van der Waals surface area (Å²) >= 11 is 0. The molecule has 58 valence electrons. The first-order chi connectivity index (χ1) is 4.63. The third kappa shape index (κ3) is 1.15. The summed E-state index contributed by atoms with van der Waals surface area (Å²) in [6.45, 7) is 7.22. The molecule has 1 aliphatic heterocycles. The number of rotatable bonds is 1. The minimum Gasteiger partial charge on any atom is -0.356 e. The molecule has 2 nitrogen and oxygen atoms in total. The molecule has 0 spiro atoms. The van der Waals surface area contributed by atoms with E-state index in [2.05, 4.69) is 19.2 Å². The van der Waals surface area contributed by atoms with Gasteiger partial charge in [-0.15, -0.1) is 0 Å². The molecule has 0 unspecified atom stereocenters. The van der Waals surface area contributed by atoms with Crippen LogP contribution in [-0.4, -0.2) is 12.5 Å². The number of hydrogen-bond donors (Lipinski definition) is 1. The summed E-state index contributed by atoms with van der Waals surface area (Å²) in [6.07, 6.45) is 0. The van der Waals surface area contributed by atoms with Crippen molar-refractivity contribution >= 4 is 5.91 Å². The zero-order chi connectivity index (χ0) is 7.72. The Morgan fingerprint density at radius 3 is 2.40 bits per heavy atom. The van der Waals surface area contributed by atoms with E-state index in [0.29, 0.717) is 11.8 Å². The Morgan fingerprint density at radius 1 is 1.60 bits per heavy atom. The average molecular weight is 141 g/mol. The first-order valence-corrected chi connectivity index (χ1v) is 3.90. The van der Waals surface area contributed by atoms with Gasteiger partial charge in [0.2, 0.25) is 5.91 Å². The predicted octanol–water partition coefficient (Wildman–Crippen LogP) is 1.02. The van der Waals surface area contributed by atoms with Crippen LogP contribution in [0, 0.1) is 17.8 Å². The SMILES string of the molecule is CC(C)[C@@H]1CNC(=O)[C@@H]1C. The van der Waals surface area contributed by atoms with Gasteiger partial charge in [0.1, 0.15) is 0 Å². The third-order valence-corrected chi connectivity index (χ3v) is 2.42. The highest BCUT2D eigenvalue weighted by Gasteiger charge is 2.32. The Kier molecular flexibility index (Phi) is 1.97. The minimum atomic E-state index is 0.221. The molecular weight excluding hydrogens is 126 g/mol. The number of carbonyl (C=O) groups is 1. The number of amides is 1. The van der Waals surface area contributed by atoms with Gasteiger partial charge in [-0.3, -0.25) is 4.79 Å². The van der Waals surface area contributed by atoms with Crippen LogP contribution in [0.2, 0.25) is 0 Å². The summed E-state index contributed by atoms with van der Waals surface area (Å²) in [7, 11) is 0. The Balaban J connectivity index is 2.57. The molecule has 1 fully saturated rings. The minimum absolute atomic E-state index is 0.221. The van der Waals surface area contributed by atoms with Crippen molar-refractivity contribution in [3.8, 4) is 0 Å².